The van der Waals surface area contributed by atoms with Crippen molar-refractivity contribution >= 4 is 11.0 Å². The van der Waals surface area contributed by atoms with Crippen LogP contribution in [0.4, 0.5) is 0 Å². The van der Waals surface area contributed by atoms with Crippen molar-refractivity contribution in [1.82, 2.24) is 14.9 Å². The van der Waals surface area contributed by atoms with Crippen LogP contribution >= 0.6 is 0 Å². The highest BCUT2D eigenvalue weighted by atomic mass is 15.2. The molecule has 0 aliphatic heterocycles. The summed E-state index contributed by atoms with van der Waals surface area (Å²) in [4.78, 5) is 10.6. The van der Waals surface area contributed by atoms with E-state index in [4.69, 9.17) is 4.98 Å². The number of para-hydroxylation sites is 2. The molecule has 2 aromatic carbocycles. The van der Waals surface area contributed by atoms with Gasteiger partial charge < -0.3 is 4.98 Å². The Bertz CT molecular complexity index is 670. The molecule has 108 valence electrons. The molecule has 1 atom stereocenters. The third-order valence-electron chi connectivity index (χ3n) is 3.99. The SMILES string of the molecule is CCN(Cc1ccccc1)C(C)c1nc2ccccc2[nH]1. The van der Waals surface area contributed by atoms with Crippen LogP contribution in [0.2, 0.25) is 0 Å². The molecule has 21 heavy (non-hydrogen) atoms. The Morgan fingerprint density at radius 3 is 2.48 bits per heavy atom. The molecule has 1 heterocycles. The molecule has 0 bridgehead atoms. The van der Waals surface area contributed by atoms with E-state index in [0.717, 1.165) is 29.9 Å². The van der Waals surface area contributed by atoms with E-state index in [-0.39, 0.29) is 6.04 Å². The molecule has 0 saturated carbocycles. The fourth-order valence-corrected chi connectivity index (χ4v) is 2.68. The Morgan fingerprint density at radius 2 is 1.76 bits per heavy atom. The van der Waals surface area contributed by atoms with Crippen molar-refractivity contribution in [2.45, 2.75) is 26.4 Å². The molecule has 3 rings (SSSR count). The van der Waals surface area contributed by atoms with Gasteiger partial charge in [0.1, 0.15) is 5.82 Å². The standard InChI is InChI=1S/C18H21N3/c1-3-21(13-15-9-5-4-6-10-15)14(2)18-19-16-11-7-8-12-17(16)20-18/h4-12,14H,3,13H2,1-2H3,(H,19,20). The van der Waals surface area contributed by atoms with Crippen molar-refractivity contribution in [2.24, 2.45) is 0 Å². The molecule has 0 saturated heterocycles. The normalized spacial score (nSPS) is 12.9. The lowest BCUT2D eigenvalue weighted by Gasteiger charge is -2.26. The number of imidazole rings is 1. The van der Waals surface area contributed by atoms with Crippen LogP contribution in [0.5, 0.6) is 0 Å². The van der Waals surface area contributed by atoms with Crippen LogP contribution in [0.25, 0.3) is 11.0 Å². The largest absolute Gasteiger partial charge is 0.341 e. The van der Waals surface area contributed by atoms with Crippen molar-refractivity contribution in [1.29, 1.82) is 0 Å². The number of nitrogens with one attached hydrogen (secondary N) is 1. The van der Waals surface area contributed by atoms with Gasteiger partial charge in [-0.05, 0) is 31.2 Å². The molecular weight excluding hydrogens is 258 g/mol. The summed E-state index contributed by atoms with van der Waals surface area (Å²) in [5.74, 6) is 1.04. The zero-order valence-corrected chi connectivity index (χ0v) is 12.6. The van der Waals surface area contributed by atoms with Gasteiger partial charge in [-0.2, -0.15) is 0 Å². The first-order valence-corrected chi connectivity index (χ1v) is 7.50. The second kappa shape index (κ2) is 6.10. The van der Waals surface area contributed by atoms with Crippen molar-refractivity contribution in [3.63, 3.8) is 0 Å². The molecule has 1 N–H and O–H groups in total. The second-order valence-electron chi connectivity index (χ2n) is 5.36. The Balaban J connectivity index is 1.82. The monoisotopic (exact) mass is 279 g/mol. The predicted molar refractivity (Wildman–Crippen MR) is 87.0 cm³/mol. The van der Waals surface area contributed by atoms with Crippen LogP contribution < -0.4 is 0 Å². The van der Waals surface area contributed by atoms with Gasteiger partial charge in [-0.15, -0.1) is 0 Å². The zero-order chi connectivity index (χ0) is 14.7. The van der Waals surface area contributed by atoms with Gasteiger partial charge in [-0.3, -0.25) is 4.90 Å². The maximum atomic E-state index is 4.73. The quantitative estimate of drug-likeness (QED) is 0.761. The lowest BCUT2D eigenvalue weighted by molar-refractivity contribution is 0.206. The van der Waals surface area contributed by atoms with E-state index in [9.17, 15) is 0 Å². The van der Waals surface area contributed by atoms with Crippen molar-refractivity contribution in [2.75, 3.05) is 6.54 Å². The van der Waals surface area contributed by atoms with Crippen LogP contribution in [0, 0.1) is 0 Å². The predicted octanol–water partition coefficient (Wildman–Crippen LogP) is 4.15. The average Bonchev–Trinajstić information content (AvgIpc) is 2.97. The molecule has 1 unspecified atom stereocenters. The topological polar surface area (TPSA) is 31.9 Å². The molecule has 0 amide bonds. The maximum Gasteiger partial charge on any atom is 0.124 e. The number of aromatic amines is 1. The first kappa shape index (κ1) is 13.8. The van der Waals surface area contributed by atoms with Gasteiger partial charge in [0.25, 0.3) is 0 Å². The molecule has 0 aliphatic carbocycles. The van der Waals surface area contributed by atoms with Gasteiger partial charge in [0, 0.05) is 6.54 Å². The van der Waals surface area contributed by atoms with E-state index in [1.54, 1.807) is 0 Å². The summed E-state index contributed by atoms with van der Waals surface area (Å²) in [6.07, 6.45) is 0. The van der Waals surface area contributed by atoms with Gasteiger partial charge in [0.15, 0.2) is 0 Å². The summed E-state index contributed by atoms with van der Waals surface area (Å²) >= 11 is 0. The van der Waals surface area contributed by atoms with Gasteiger partial charge in [-0.1, -0.05) is 49.4 Å². The summed E-state index contributed by atoms with van der Waals surface area (Å²) in [5.41, 5.74) is 3.48. The number of hydrogen-bond donors (Lipinski definition) is 1. The van der Waals surface area contributed by atoms with E-state index < -0.39 is 0 Å². The van der Waals surface area contributed by atoms with Crippen molar-refractivity contribution in [3.8, 4) is 0 Å². The highest BCUT2D eigenvalue weighted by molar-refractivity contribution is 5.74. The highest BCUT2D eigenvalue weighted by Crippen LogP contribution is 2.22. The van der Waals surface area contributed by atoms with Crippen LogP contribution in [0.1, 0.15) is 31.3 Å². The Hall–Kier alpha value is -2.13. The summed E-state index contributed by atoms with van der Waals surface area (Å²) in [5, 5.41) is 0. The highest BCUT2D eigenvalue weighted by Gasteiger charge is 2.17. The molecule has 3 heteroatoms. The number of H-pyrrole nitrogens is 1. The van der Waals surface area contributed by atoms with E-state index in [1.165, 1.54) is 5.56 Å². The van der Waals surface area contributed by atoms with E-state index in [2.05, 4.69) is 66.2 Å². The number of nitrogens with zero attached hydrogens (tertiary/aromatic N) is 2. The van der Waals surface area contributed by atoms with Crippen molar-refractivity contribution < 1.29 is 0 Å². The Kier molecular flexibility index (Phi) is 4.02. The maximum absolute atomic E-state index is 4.73. The Morgan fingerprint density at radius 1 is 1.05 bits per heavy atom. The number of benzene rings is 2. The fourth-order valence-electron chi connectivity index (χ4n) is 2.68. The van der Waals surface area contributed by atoms with Gasteiger partial charge in [0.05, 0.1) is 17.1 Å². The van der Waals surface area contributed by atoms with Gasteiger partial charge >= 0.3 is 0 Å². The number of hydrogen-bond acceptors (Lipinski definition) is 2. The molecule has 0 fully saturated rings. The summed E-state index contributed by atoms with van der Waals surface area (Å²) in [6.45, 7) is 6.34. The minimum atomic E-state index is 0.266. The smallest absolute Gasteiger partial charge is 0.124 e. The van der Waals surface area contributed by atoms with Gasteiger partial charge in [0.2, 0.25) is 0 Å². The third kappa shape index (κ3) is 2.98. The molecule has 3 nitrogen and oxygen atoms in total. The van der Waals surface area contributed by atoms with E-state index in [0.29, 0.717) is 0 Å². The van der Waals surface area contributed by atoms with Crippen LogP contribution in [0.15, 0.2) is 54.6 Å². The fraction of sp³-hybridized carbons (Fsp3) is 0.278. The minimum absolute atomic E-state index is 0.266. The number of rotatable bonds is 5. The first-order chi connectivity index (χ1) is 10.3. The average molecular weight is 279 g/mol. The van der Waals surface area contributed by atoms with Crippen LogP contribution in [-0.2, 0) is 6.54 Å². The van der Waals surface area contributed by atoms with E-state index in [1.807, 2.05) is 12.1 Å². The lowest BCUT2D eigenvalue weighted by Crippen LogP contribution is -2.27. The molecule has 0 aliphatic rings. The summed E-state index contributed by atoms with van der Waals surface area (Å²) < 4.78 is 0. The third-order valence-corrected chi connectivity index (χ3v) is 3.99. The summed E-state index contributed by atoms with van der Waals surface area (Å²) in [6, 6.07) is 19.0. The second-order valence-corrected chi connectivity index (χ2v) is 5.36. The molecule has 0 spiro atoms. The first-order valence-electron chi connectivity index (χ1n) is 7.50. The van der Waals surface area contributed by atoms with Gasteiger partial charge in [-0.25, -0.2) is 4.98 Å². The number of fused-ring (bicyclic) bond motifs is 1. The van der Waals surface area contributed by atoms with Crippen LogP contribution in [0.3, 0.4) is 0 Å². The summed E-state index contributed by atoms with van der Waals surface area (Å²) in [7, 11) is 0. The molecular formula is C18H21N3. The molecule has 1 aromatic heterocycles. The Labute approximate surface area is 125 Å². The van der Waals surface area contributed by atoms with Crippen molar-refractivity contribution in [3.05, 3.63) is 66.0 Å². The lowest BCUT2D eigenvalue weighted by atomic mass is 10.2. The minimum Gasteiger partial charge on any atom is -0.341 e. The molecule has 3 aromatic rings. The van der Waals surface area contributed by atoms with E-state index >= 15 is 0 Å². The van der Waals surface area contributed by atoms with Crippen LogP contribution in [-0.4, -0.2) is 21.4 Å². The molecule has 0 radical (unpaired) electrons. The zero-order valence-electron chi connectivity index (χ0n) is 12.6. The number of aromatic nitrogens is 2.